The molecule has 18 heavy (non-hydrogen) atoms. The van der Waals surface area contributed by atoms with Crippen LogP contribution in [0, 0.1) is 20.8 Å². The van der Waals surface area contributed by atoms with Gasteiger partial charge in [-0.3, -0.25) is 0 Å². The molecule has 2 heteroatoms. The van der Waals surface area contributed by atoms with Crippen LogP contribution >= 0.6 is 11.3 Å². The Balaban J connectivity index is 2.28. The van der Waals surface area contributed by atoms with Gasteiger partial charge in [-0.1, -0.05) is 17.7 Å². The quantitative estimate of drug-likeness (QED) is 0.868. The maximum Gasteiger partial charge on any atom is 0.0366 e. The van der Waals surface area contributed by atoms with E-state index in [4.69, 9.17) is 0 Å². The van der Waals surface area contributed by atoms with Crippen LogP contribution in [0.15, 0.2) is 29.0 Å². The first-order valence-corrected chi connectivity index (χ1v) is 7.32. The zero-order valence-electron chi connectivity index (χ0n) is 11.6. The molecule has 0 spiro atoms. The number of thiophene rings is 1. The van der Waals surface area contributed by atoms with Gasteiger partial charge < -0.3 is 5.32 Å². The van der Waals surface area contributed by atoms with Crippen molar-refractivity contribution in [1.29, 1.82) is 0 Å². The summed E-state index contributed by atoms with van der Waals surface area (Å²) < 4.78 is 0. The first-order valence-electron chi connectivity index (χ1n) is 6.38. The van der Waals surface area contributed by atoms with Gasteiger partial charge in [0.2, 0.25) is 0 Å². The molecule has 2 rings (SSSR count). The number of nitrogens with one attached hydrogen (secondary N) is 1. The van der Waals surface area contributed by atoms with E-state index in [-0.39, 0.29) is 0 Å². The second-order valence-electron chi connectivity index (χ2n) is 4.98. The fourth-order valence-electron chi connectivity index (χ4n) is 2.60. The molecule has 2 aromatic rings. The van der Waals surface area contributed by atoms with Crippen molar-refractivity contribution in [1.82, 2.24) is 5.32 Å². The number of hydrogen-bond acceptors (Lipinski definition) is 2. The number of hydrogen-bond donors (Lipinski definition) is 1. The van der Waals surface area contributed by atoms with Gasteiger partial charge in [0.15, 0.2) is 0 Å². The minimum atomic E-state index is 0.413. The first kappa shape index (κ1) is 13.3. The van der Waals surface area contributed by atoms with E-state index in [1.54, 1.807) is 11.3 Å². The summed E-state index contributed by atoms with van der Waals surface area (Å²) in [6, 6.07) is 7.19. The predicted molar refractivity (Wildman–Crippen MR) is 80.5 cm³/mol. The number of rotatable bonds is 4. The van der Waals surface area contributed by atoms with Crippen molar-refractivity contribution in [3.63, 3.8) is 0 Å². The Morgan fingerprint density at radius 1 is 1.17 bits per heavy atom. The molecule has 1 nitrogen and oxygen atoms in total. The standard InChI is InChI=1S/C16H21NS/c1-11-7-12(2)15(13(3)8-11)9-16(17-4)14-5-6-18-10-14/h5-8,10,16-17H,9H2,1-4H3. The summed E-state index contributed by atoms with van der Waals surface area (Å²) in [7, 11) is 2.04. The van der Waals surface area contributed by atoms with Gasteiger partial charge in [-0.05, 0) is 73.3 Å². The lowest BCUT2D eigenvalue weighted by atomic mass is 9.92. The molecule has 0 fully saturated rings. The largest absolute Gasteiger partial charge is 0.313 e. The molecule has 0 aliphatic rings. The maximum atomic E-state index is 3.43. The van der Waals surface area contributed by atoms with Gasteiger partial charge in [0.1, 0.15) is 0 Å². The highest BCUT2D eigenvalue weighted by atomic mass is 32.1. The smallest absolute Gasteiger partial charge is 0.0366 e. The van der Waals surface area contributed by atoms with Crippen LogP contribution in [0.2, 0.25) is 0 Å². The van der Waals surface area contributed by atoms with Gasteiger partial charge in [0, 0.05) is 6.04 Å². The minimum absolute atomic E-state index is 0.413. The van der Waals surface area contributed by atoms with E-state index < -0.39 is 0 Å². The molecule has 1 aromatic heterocycles. The van der Waals surface area contributed by atoms with E-state index in [1.165, 1.54) is 27.8 Å². The molecule has 0 aliphatic carbocycles. The monoisotopic (exact) mass is 259 g/mol. The van der Waals surface area contributed by atoms with Crippen LogP contribution in [0.1, 0.15) is 33.9 Å². The van der Waals surface area contributed by atoms with Crippen molar-refractivity contribution in [3.05, 3.63) is 56.8 Å². The molecule has 1 unspecified atom stereocenters. The predicted octanol–water partition coefficient (Wildman–Crippen LogP) is 4.18. The van der Waals surface area contributed by atoms with E-state index in [0.717, 1.165) is 6.42 Å². The molecular formula is C16H21NS. The van der Waals surface area contributed by atoms with Crippen LogP contribution in [0.4, 0.5) is 0 Å². The van der Waals surface area contributed by atoms with Crippen LogP contribution in [-0.2, 0) is 6.42 Å². The number of benzene rings is 1. The summed E-state index contributed by atoms with van der Waals surface area (Å²) in [5, 5.41) is 7.81. The lowest BCUT2D eigenvalue weighted by Crippen LogP contribution is -2.19. The van der Waals surface area contributed by atoms with E-state index in [1.807, 2.05) is 7.05 Å². The Hall–Kier alpha value is -1.12. The SMILES string of the molecule is CNC(Cc1c(C)cc(C)cc1C)c1ccsc1. The van der Waals surface area contributed by atoms with Gasteiger partial charge in [-0.2, -0.15) is 11.3 Å². The third-order valence-electron chi connectivity index (χ3n) is 3.54. The first-order chi connectivity index (χ1) is 8.61. The van der Waals surface area contributed by atoms with Crippen LogP contribution in [0.25, 0.3) is 0 Å². The summed E-state index contributed by atoms with van der Waals surface area (Å²) in [5.41, 5.74) is 7.03. The molecule has 1 heterocycles. The van der Waals surface area contributed by atoms with E-state index in [0.29, 0.717) is 6.04 Å². The Labute approximate surface area is 114 Å². The minimum Gasteiger partial charge on any atom is -0.313 e. The van der Waals surface area contributed by atoms with Gasteiger partial charge in [0.05, 0.1) is 0 Å². The molecule has 0 bridgehead atoms. The summed E-state index contributed by atoms with van der Waals surface area (Å²) in [5.74, 6) is 0. The van der Waals surface area contributed by atoms with E-state index >= 15 is 0 Å². The molecule has 1 aromatic carbocycles. The molecule has 0 saturated heterocycles. The maximum absolute atomic E-state index is 3.43. The second kappa shape index (κ2) is 5.68. The van der Waals surface area contributed by atoms with E-state index in [2.05, 4.69) is 55.0 Å². The van der Waals surface area contributed by atoms with Crippen LogP contribution < -0.4 is 5.32 Å². The highest BCUT2D eigenvalue weighted by Gasteiger charge is 2.13. The van der Waals surface area contributed by atoms with Crippen LogP contribution in [-0.4, -0.2) is 7.05 Å². The third-order valence-corrected chi connectivity index (χ3v) is 4.24. The third kappa shape index (κ3) is 2.82. The average Bonchev–Trinajstić information content (AvgIpc) is 2.81. The van der Waals surface area contributed by atoms with Gasteiger partial charge in [-0.15, -0.1) is 0 Å². The Morgan fingerprint density at radius 3 is 2.33 bits per heavy atom. The fourth-order valence-corrected chi connectivity index (χ4v) is 3.31. The van der Waals surface area contributed by atoms with Gasteiger partial charge in [0.25, 0.3) is 0 Å². The zero-order valence-corrected chi connectivity index (χ0v) is 12.4. The van der Waals surface area contributed by atoms with Crippen molar-refractivity contribution >= 4 is 11.3 Å². The number of aryl methyl sites for hydroxylation is 3. The van der Waals surface area contributed by atoms with Crippen molar-refractivity contribution in [3.8, 4) is 0 Å². The fraction of sp³-hybridized carbons (Fsp3) is 0.375. The summed E-state index contributed by atoms with van der Waals surface area (Å²) in [6.45, 7) is 6.60. The normalized spacial score (nSPS) is 12.7. The Morgan fingerprint density at radius 2 is 1.83 bits per heavy atom. The van der Waals surface area contributed by atoms with Crippen molar-refractivity contribution in [2.75, 3.05) is 7.05 Å². The average molecular weight is 259 g/mol. The van der Waals surface area contributed by atoms with Gasteiger partial charge in [-0.25, -0.2) is 0 Å². The topological polar surface area (TPSA) is 12.0 Å². The molecule has 1 atom stereocenters. The molecule has 0 aliphatic heterocycles. The van der Waals surface area contributed by atoms with Crippen molar-refractivity contribution < 1.29 is 0 Å². The van der Waals surface area contributed by atoms with Gasteiger partial charge >= 0.3 is 0 Å². The molecule has 1 N–H and O–H groups in total. The van der Waals surface area contributed by atoms with Crippen molar-refractivity contribution in [2.24, 2.45) is 0 Å². The van der Waals surface area contributed by atoms with Crippen LogP contribution in [0.5, 0.6) is 0 Å². The highest BCUT2D eigenvalue weighted by molar-refractivity contribution is 7.07. The highest BCUT2D eigenvalue weighted by Crippen LogP contribution is 2.25. The zero-order chi connectivity index (χ0) is 13.1. The molecular weight excluding hydrogens is 238 g/mol. The van der Waals surface area contributed by atoms with Crippen molar-refractivity contribution in [2.45, 2.75) is 33.2 Å². The summed E-state index contributed by atoms with van der Waals surface area (Å²) in [4.78, 5) is 0. The summed E-state index contributed by atoms with van der Waals surface area (Å²) >= 11 is 1.76. The second-order valence-corrected chi connectivity index (χ2v) is 5.76. The molecule has 0 saturated carbocycles. The number of likely N-dealkylation sites (N-methyl/N-ethyl adjacent to an activating group) is 1. The molecule has 96 valence electrons. The van der Waals surface area contributed by atoms with E-state index in [9.17, 15) is 0 Å². The molecule has 0 radical (unpaired) electrons. The lowest BCUT2D eigenvalue weighted by molar-refractivity contribution is 0.591. The lowest BCUT2D eigenvalue weighted by Gasteiger charge is -2.19. The Kier molecular flexibility index (Phi) is 4.20. The summed E-state index contributed by atoms with van der Waals surface area (Å²) in [6.07, 6.45) is 1.06. The molecule has 0 amide bonds. The Bertz CT molecular complexity index is 491. The van der Waals surface area contributed by atoms with Crippen LogP contribution in [0.3, 0.4) is 0 Å².